The van der Waals surface area contributed by atoms with E-state index in [1.165, 1.54) is 96.3 Å². The summed E-state index contributed by atoms with van der Waals surface area (Å²) in [6.45, 7) is 8.53. The molecule has 1 aliphatic rings. The largest absolute Gasteiger partial charge is 0.480 e. The first kappa shape index (κ1) is 38.3. The molecule has 0 spiro atoms. The average molecular weight is 623 g/mol. The van der Waals surface area contributed by atoms with Crippen molar-refractivity contribution < 1.29 is 28.8 Å². The Morgan fingerprint density at radius 3 is 1.84 bits per heavy atom. The normalized spacial score (nSPS) is 14.8. The highest BCUT2D eigenvalue weighted by Crippen LogP contribution is 2.14. The Morgan fingerprint density at radius 2 is 1.25 bits per heavy atom. The molecule has 2 rings (SSSR count). The monoisotopic (exact) mass is 622 g/mol. The van der Waals surface area contributed by atoms with E-state index >= 15 is 0 Å². The minimum Gasteiger partial charge on any atom is -0.480 e. The molecule has 44 heavy (non-hydrogen) atoms. The van der Waals surface area contributed by atoms with E-state index in [2.05, 4.69) is 21.8 Å². The van der Waals surface area contributed by atoms with Gasteiger partial charge in [-0.25, -0.2) is 9.97 Å². The summed E-state index contributed by atoms with van der Waals surface area (Å²) >= 11 is 0. The van der Waals surface area contributed by atoms with E-state index in [0.29, 0.717) is 45.7 Å². The Kier molecular flexibility index (Phi) is 23.9. The second kappa shape index (κ2) is 27.5. The van der Waals surface area contributed by atoms with Crippen LogP contribution in [0.15, 0.2) is 18.5 Å². The van der Waals surface area contributed by atoms with E-state index in [4.69, 9.17) is 24.1 Å². The van der Waals surface area contributed by atoms with E-state index < -0.39 is 5.97 Å². The van der Waals surface area contributed by atoms with Gasteiger partial charge in [0.05, 0.1) is 46.2 Å². The molecule has 0 bridgehead atoms. The highest BCUT2D eigenvalue weighted by molar-refractivity contribution is 5.69. The highest BCUT2D eigenvalue weighted by Gasteiger charge is 2.21. The van der Waals surface area contributed by atoms with Gasteiger partial charge in [0.15, 0.2) is 0 Å². The van der Waals surface area contributed by atoms with Crippen molar-refractivity contribution >= 4 is 5.97 Å². The molecule has 0 aliphatic carbocycles. The van der Waals surface area contributed by atoms with Crippen LogP contribution in [0.3, 0.4) is 0 Å². The third-order valence-corrected chi connectivity index (χ3v) is 7.98. The van der Waals surface area contributed by atoms with E-state index in [-0.39, 0.29) is 12.6 Å². The fourth-order valence-corrected chi connectivity index (χ4v) is 5.42. The number of unbranched alkanes of at least 4 members (excludes halogenated alkanes) is 15. The number of hydrogen-bond acceptors (Lipinski definition) is 9. The molecule has 0 saturated carbocycles. The molecule has 0 aromatic carbocycles. The lowest BCUT2D eigenvalue weighted by Gasteiger charge is -2.18. The van der Waals surface area contributed by atoms with Gasteiger partial charge < -0.3 is 24.1 Å². The zero-order valence-corrected chi connectivity index (χ0v) is 27.7. The first-order valence-electron chi connectivity index (χ1n) is 17.5. The van der Waals surface area contributed by atoms with Crippen molar-refractivity contribution in [1.29, 1.82) is 0 Å². The van der Waals surface area contributed by atoms with E-state index in [9.17, 15) is 4.79 Å². The first-order chi connectivity index (χ1) is 21.7. The van der Waals surface area contributed by atoms with Crippen LogP contribution in [-0.4, -0.2) is 109 Å². The Hall–Kier alpha value is -1.85. The van der Waals surface area contributed by atoms with Crippen molar-refractivity contribution in [2.45, 2.75) is 116 Å². The third-order valence-electron chi connectivity index (χ3n) is 7.98. The fourth-order valence-electron chi connectivity index (χ4n) is 5.42. The first-order valence-corrected chi connectivity index (χ1v) is 17.5. The van der Waals surface area contributed by atoms with Crippen molar-refractivity contribution in [1.82, 2.24) is 19.8 Å². The number of nitrogens with zero attached hydrogens (tertiary/aromatic N) is 4. The van der Waals surface area contributed by atoms with E-state index in [0.717, 1.165) is 32.7 Å². The number of aromatic nitrogens is 2. The fraction of sp³-hybridized carbons (Fsp3) is 0.853. The van der Waals surface area contributed by atoms with Crippen LogP contribution in [0.25, 0.3) is 0 Å². The molecule has 1 aliphatic heterocycles. The van der Waals surface area contributed by atoms with Crippen LogP contribution in [-0.2, 0) is 19.0 Å². The number of ether oxygens (including phenoxy) is 4. The maximum atomic E-state index is 10.8. The molecule has 1 aromatic heterocycles. The van der Waals surface area contributed by atoms with Crippen LogP contribution in [0.1, 0.15) is 110 Å². The average Bonchev–Trinajstić information content (AvgIpc) is 3.46. The van der Waals surface area contributed by atoms with Gasteiger partial charge in [0.1, 0.15) is 6.10 Å². The highest BCUT2D eigenvalue weighted by atomic mass is 16.6. The summed E-state index contributed by atoms with van der Waals surface area (Å²) < 4.78 is 23.4. The van der Waals surface area contributed by atoms with Crippen LogP contribution < -0.4 is 4.74 Å². The lowest BCUT2D eigenvalue weighted by molar-refractivity contribution is -0.138. The number of rotatable bonds is 31. The van der Waals surface area contributed by atoms with Gasteiger partial charge in [0.25, 0.3) is 0 Å². The van der Waals surface area contributed by atoms with Gasteiger partial charge in [-0.2, -0.15) is 0 Å². The van der Waals surface area contributed by atoms with Crippen molar-refractivity contribution in [3.63, 3.8) is 0 Å². The van der Waals surface area contributed by atoms with Gasteiger partial charge >= 0.3 is 12.0 Å². The van der Waals surface area contributed by atoms with Crippen molar-refractivity contribution in [3.05, 3.63) is 18.5 Å². The maximum Gasteiger partial charge on any atom is 0.317 e. The molecule has 1 saturated heterocycles. The molecule has 1 aromatic rings. The SMILES string of the molecule is CCCCCCCCCCCCCCCCCCOCC(COCCOCCN1CCN(CC(=O)O)C1)Oc1ncccn1. The van der Waals surface area contributed by atoms with Gasteiger partial charge in [-0.3, -0.25) is 14.6 Å². The molecule has 1 fully saturated rings. The van der Waals surface area contributed by atoms with Crippen LogP contribution in [0.4, 0.5) is 0 Å². The molecule has 1 atom stereocenters. The Labute approximate surface area is 267 Å². The van der Waals surface area contributed by atoms with Gasteiger partial charge in [0.2, 0.25) is 0 Å². The zero-order chi connectivity index (χ0) is 31.3. The van der Waals surface area contributed by atoms with Crippen LogP contribution >= 0.6 is 0 Å². The Balaban J connectivity index is 1.43. The topological polar surface area (TPSA) is 106 Å². The second-order valence-electron chi connectivity index (χ2n) is 12.0. The molecule has 0 radical (unpaired) electrons. The summed E-state index contributed by atoms with van der Waals surface area (Å²) in [6.07, 6.45) is 24.7. The van der Waals surface area contributed by atoms with E-state index in [1.54, 1.807) is 18.5 Å². The van der Waals surface area contributed by atoms with E-state index in [1.807, 2.05) is 4.90 Å². The zero-order valence-electron chi connectivity index (χ0n) is 27.7. The number of carbonyl (C=O) groups is 1. The summed E-state index contributed by atoms with van der Waals surface area (Å²) in [6, 6.07) is 2.08. The smallest absolute Gasteiger partial charge is 0.317 e. The summed E-state index contributed by atoms with van der Waals surface area (Å²) in [5, 5.41) is 8.92. The maximum absolute atomic E-state index is 10.8. The van der Waals surface area contributed by atoms with Gasteiger partial charge in [0, 0.05) is 38.6 Å². The molecule has 2 heterocycles. The Bertz CT molecular complexity index is 790. The third kappa shape index (κ3) is 21.8. The summed E-state index contributed by atoms with van der Waals surface area (Å²) in [4.78, 5) is 23.3. The molecular formula is C34H62N4O6. The van der Waals surface area contributed by atoms with Crippen molar-refractivity contribution in [2.75, 3.05) is 72.5 Å². The van der Waals surface area contributed by atoms with Crippen molar-refractivity contribution in [3.8, 4) is 6.01 Å². The molecular weight excluding hydrogens is 560 g/mol. The van der Waals surface area contributed by atoms with Gasteiger partial charge in [-0.15, -0.1) is 0 Å². The summed E-state index contributed by atoms with van der Waals surface area (Å²) in [5.41, 5.74) is 0. The molecule has 10 heteroatoms. The van der Waals surface area contributed by atoms with Gasteiger partial charge in [-0.05, 0) is 12.5 Å². The van der Waals surface area contributed by atoms with Crippen LogP contribution in [0, 0.1) is 0 Å². The Morgan fingerprint density at radius 1 is 0.727 bits per heavy atom. The molecule has 254 valence electrons. The molecule has 1 N–H and O–H groups in total. The molecule has 1 unspecified atom stereocenters. The van der Waals surface area contributed by atoms with Gasteiger partial charge in [-0.1, -0.05) is 103 Å². The minimum absolute atomic E-state index is 0.0890. The minimum atomic E-state index is -0.785. The summed E-state index contributed by atoms with van der Waals surface area (Å²) in [7, 11) is 0. The lowest BCUT2D eigenvalue weighted by Crippen LogP contribution is -2.32. The lowest BCUT2D eigenvalue weighted by atomic mass is 10.0. The van der Waals surface area contributed by atoms with Crippen LogP contribution in [0.2, 0.25) is 0 Å². The predicted molar refractivity (Wildman–Crippen MR) is 174 cm³/mol. The molecule has 0 amide bonds. The summed E-state index contributed by atoms with van der Waals surface area (Å²) in [5.74, 6) is -0.785. The standard InChI is InChI=1S/C34H62N4O6/c1-2-3-4-5-6-7-8-9-10-11-12-13-14-15-16-17-24-42-29-32(44-34-35-19-18-20-36-34)30-43-27-26-41-25-23-37-21-22-38(31-37)28-33(39)40/h18-20,32H,2-17,21-31H2,1H3,(H,39,40). The number of aliphatic carboxylic acids is 1. The second-order valence-corrected chi connectivity index (χ2v) is 12.0. The number of hydrogen-bond donors (Lipinski definition) is 1. The quantitative estimate of drug-likeness (QED) is 0.0963. The molecule has 10 nitrogen and oxygen atoms in total. The predicted octanol–water partition coefficient (Wildman–Crippen LogP) is 6.20. The number of carboxylic acids is 1. The number of carboxylic acid groups (broad SMARTS) is 1. The van der Waals surface area contributed by atoms with Crippen LogP contribution in [0.5, 0.6) is 6.01 Å². The van der Waals surface area contributed by atoms with Crippen molar-refractivity contribution in [2.24, 2.45) is 0 Å².